The Bertz CT molecular complexity index is 1480. The topological polar surface area (TPSA) is 89.3 Å². The molecular formula is C25H20ClFN2O3S2. The van der Waals surface area contributed by atoms with Crippen molar-refractivity contribution >= 4 is 54.9 Å². The van der Waals surface area contributed by atoms with Gasteiger partial charge in [0.25, 0.3) is 0 Å². The van der Waals surface area contributed by atoms with Gasteiger partial charge >= 0.3 is 0 Å². The van der Waals surface area contributed by atoms with Crippen LogP contribution in [-0.2, 0) is 9.84 Å². The Morgan fingerprint density at radius 3 is 2.15 bits per heavy atom. The predicted molar refractivity (Wildman–Crippen MR) is 135 cm³/mol. The van der Waals surface area contributed by atoms with Crippen LogP contribution in [0.4, 0.5) is 20.8 Å². The van der Waals surface area contributed by atoms with Crippen LogP contribution >= 0.6 is 22.9 Å². The molecule has 0 saturated heterocycles. The molecule has 0 aliphatic rings. The second kappa shape index (κ2) is 9.21. The lowest BCUT2D eigenvalue weighted by Crippen LogP contribution is -2.08. The molecule has 1 aromatic heterocycles. The molecule has 9 heteroatoms. The lowest BCUT2D eigenvalue weighted by Gasteiger charge is -2.13. The molecule has 0 radical (unpaired) electrons. The Labute approximate surface area is 205 Å². The van der Waals surface area contributed by atoms with Crippen molar-refractivity contribution in [3.05, 3.63) is 99.1 Å². The molecule has 0 fully saturated rings. The fourth-order valence-corrected chi connectivity index (χ4v) is 6.58. The van der Waals surface area contributed by atoms with Gasteiger partial charge in [-0.3, -0.25) is 4.79 Å². The Morgan fingerprint density at radius 2 is 1.56 bits per heavy atom. The number of benzene rings is 3. The number of sulfone groups is 1. The molecule has 0 saturated carbocycles. The van der Waals surface area contributed by atoms with E-state index >= 15 is 0 Å². The minimum atomic E-state index is -4.11. The first kappa shape index (κ1) is 23.9. The molecule has 5 nitrogen and oxygen atoms in total. The number of para-hydroxylation sites is 1. The third-order valence-corrected chi connectivity index (χ3v) is 8.68. The van der Waals surface area contributed by atoms with Crippen molar-refractivity contribution in [3.63, 3.8) is 0 Å². The zero-order chi connectivity index (χ0) is 24.6. The number of carbonyl (C=O) groups is 1. The highest BCUT2D eigenvalue weighted by Gasteiger charge is 2.32. The number of thiophene rings is 1. The van der Waals surface area contributed by atoms with Gasteiger partial charge in [-0.25, -0.2) is 12.8 Å². The average molecular weight is 515 g/mol. The summed E-state index contributed by atoms with van der Waals surface area (Å²) in [6, 6.07) is 16.4. The maximum absolute atomic E-state index is 13.6. The first-order valence-electron chi connectivity index (χ1n) is 10.2. The predicted octanol–water partition coefficient (Wildman–Crippen LogP) is 6.55. The van der Waals surface area contributed by atoms with Gasteiger partial charge in [-0.2, -0.15) is 0 Å². The summed E-state index contributed by atoms with van der Waals surface area (Å²) < 4.78 is 40.7. The van der Waals surface area contributed by atoms with Crippen molar-refractivity contribution in [1.29, 1.82) is 0 Å². The third kappa shape index (κ3) is 4.44. The second-order valence-electron chi connectivity index (χ2n) is 7.69. The summed E-state index contributed by atoms with van der Waals surface area (Å²) in [5.41, 5.74) is 8.87. The maximum atomic E-state index is 13.6. The van der Waals surface area contributed by atoms with Crippen LogP contribution in [-0.4, -0.2) is 14.2 Å². The summed E-state index contributed by atoms with van der Waals surface area (Å²) in [7, 11) is -4.11. The Hall–Kier alpha value is -3.20. The van der Waals surface area contributed by atoms with Gasteiger partial charge in [0.1, 0.15) is 20.6 Å². The molecule has 3 N–H and O–H groups in total. The Kier molecular flexibility index (Phi) is 6.49. The fourth-order valence-electron chi connectivity index (χ4n) is 3.54. The summed E-state index contributed by atoms with van der Waals surface area (Å²) >= 11 is 6.88. The fraction of sp³-hybridized carbons (Fsp3) is 0.0800. The summed E-state index contributed by atoms with van der Waals surface area (Å²) in [5, 5.41) is 3.80. The van der Waals surface area contributed by atoms with E-state index < -0.39 is 21.4 Å². The van der Waals surface area contributed by atoms with Crippen LogP contribution in [0.3, 0.4) is 0 Å². The van der Waals surface area contributed by atoms with Crippen molar-refractivity contribution in [3.8, 4) is 0 Å². The lowest BCUT2D eigenvalue weighted by molar-refractivity contribution is 0.104. The largest absolute Gasteiger partial charge is 0.396 e. The van der Waals surface area contributed by atoms with E-state index in [-0.39, 0.29) is 30.9 Å². The number of ketones is 1. The van der Waals surface area contributed by atoms with Crippen molar-refractivity contribution in [1.82, 2.24) is 0 Å². The Balaban J connectivity index is 1.91. The SMILES string of the molecule is Cc1cccc(C)c1Nc1sc(C(=O)c2ccc(F)cc2)c(N)c1S(=O)(=O)c1ccc(Cl)cc1. The molecular weight excluding hydrogens is 495 g/mol. The maximum Gasteiger partial charge on any atom is 0.211 e. The standard InChI is InChI=1S/C25H20ClFN2O3S2/c1-14-4-3-5-15(2)21(14)29-25-24(34(31,32)19-12-8-17(26)9-13-19)20(28)23(33-25)22(30)16-6-10-18(27)11-7-16/h3-13,29H,28H2,1-2H3. The van der Waals surface area contributed by atoms with Crippen molar-refractivity contribution < 1.29 is 17.6 Å². The van der Waals surface area contributed by atoms with E-state index in [2.05, 4.69) is 5.32 Å². The minimum absolute atomic E-state index is 0.00765. The lowest BCUT2D eigenvalue weighted by atomic mass is 10.1. The first-order chi connectivity index (χ1) is 16.1. The van der Waals surface area contributed by atoms with E-state index in [0.29, 0.717) is 5.02 Å². The van der Waals surface area contributed by atoms with Crippen LogP contribution in [0.1, 0.15) is 26.4 Å². The van der Waals surface area contributed by atoms with Gasteiger partial charge < -0.3 is 11.1 Å². The molecule has 0 unspecified atom stereocenters. The molecule has 0 spiro atoms. The summed E-state index contributed by atoms with van der Waals surface area (Å²) in [4.78, 5) is 13.1. The molecule has 4 rings (SSSR count). The van der Waals surface area contributed by atoms with E-state index in [1.807, 2.05) is 32.0 Å². The van der Waals surface area contributed by atoms with Crippen LogP contribution in [0.5, 0.6) is 0 Å². The van der Waals surface area contributed by atoms with Gasteiger partial charge in [-0.1, -0.05) is 29.8 Å². The van der Waals surface area contributed by atoms with Gasteiger partial charge in [0, 0.05) is 16.3 Å². The molecule has 0 aliphatic carbocycles. The molecule has 3 aromatic carbocycles. The number of carbonyl (C=O) groups excluding carboxylic acids is 1. The van der Waals surface area contributed by atoms with Crippen LogP contribution < -0.4 is 11.1 Å². The number of nitrogen functional groups attached to an aromatic ring is 1. The van der Waals surface area contributed by atoms with E-state index in [9.17, 15) is 17.6 Å². The van der Waals surface area contributed by atoms with Crippen LogP contribution in [0.25, 0.3) is 0 Å². The number of halogens is 2. The van der Waals surface area contributed by atoms with E-state index in [1.54, 1.807) is 0 Å². The highest BCUT2D eigenvalue weighted by atomic mass is 35.5. The quantitative estimate of drug-likeness (QED) is 0.285. The van der Waals surface area contributed by atoms with Gasteiger partial charge in [0.15, 0.2) is 0 Å². The number of nitrogens with one attached hydrogen (secondary N) is 1. The van der Waals surface area contributed by atoms with E-state index in [0.717, 1.165) is 40.3 Å². The average Bonchev–Trinajstić information content (AvgIpc) is 3.13. The van der Waals surface area contributed by atoms with Gasteiger partial charge in [0.05, 0.1) is 10.6 Å². The zero-order valence-corrected chi connectivity index (χ0v) is 20.6. The molecule has 4 aromatic rings. The van der Waals surface area contributed by atoms with Crippen LogP contribution in [0.2, 0.25) is 5.02 Å². The number of anilines is 3. The monoisotopic (exact) mass is 514 g/mol. The minimum Gasteiger partial charge on any atom is -0.396 e. The number of rotatable bonds is 6. The molecule has 34 heavy (non-hydrogen) atoms. The highest BCUT2D eigenvalue weighted by molar-refractivity contribution is 7.92. The van der Waals surface area contributed by atoms with Gasteiger partial charge in [-0.05, 0) is 73.5 Å². The van der Waals surface area contributed by atoms with Crippen LogP contribution in [0.15, 0.2) is 76.5 Å². The summed E-state index contributed by atoms with van der Waals surface area (Å²) in [5.74, 6) is -0.983. The van der Waals surface area contributed by atoms with E-state index in [4.69, 9.17) is 17.3 Å². The number of hydrogen-bond donors (Lipinski definition) is 2. The first-order valence-corrected chi connectivity index (χ1v) is 12.8. The van der Waals surface area contributed by atoms with Crippen LogP contribution in [0, 0.1) is 19.7 Å². The van der Waals surface area contributed by atoms with Gasteiger partial charge in [0.2, 0.25) is 15.6 Å². The molecule has 174 valence electrons. The third-order valence-electron chi connectivity index (χ3n) is 5.32. The zero-order valence-electron chi connectivity index (χ0n) is 18.2. The molecule has 0 bridgehead atoms. The summed E-state index contributed by atoms with van der Waals surface area (Å²) in [6.45, 7) is 3.79. The molecule has 0 aliphatic heterocycles. The number of hydrogen-bond acceptors (Lipinski definition) is 6. The van der Waals surface area contributed by atoms with Crippen molar-refractivity contribution in [2.45, 2.75) is 23.6 Å². The second-order valence-corrected chi connectivity index (χ2v) is 11.0. The van der Waals surface area contributed by atoms with Crippen molar-refractivity contribution in [2.75, 3.05) is 11.1 Å². The van der Waals surface area contributed by atoms with Crippen molar-refractivity contribution in [2.24, 2.45) is 0 Å². The molecule has 0 atom stereocenters. The number of aryl methyl sites for hydroxylation is 2. The highest BCUT2D eigenvalue weighted by Crippen LogP contribution is 2.44. The molecule has 1 heterocycles. The normalized spacial score (nSPS) is 11.4. The summed E-state index contributed by atoms with van der Waals surface area (Å²) in [6.07, 6.45) is 0. The smallest absolute Gasteiger partial charge is 0.211 e. The van der Waals surface area contributed by atoms with E-state index in [1.165, 1.54) is 36.4 Å². The molecule has 0 amide bonds. The Morgan fingerprint density at radius 1 is 0.971 bits per heavy atom. The number of nitrogens with two attached hydrogens (primary N) is 1. The van der Waals surface area contributed by atoms with Gasteiger partial charge in [-0.15, -0.1) is 11.3 Å².